The lowest BCUT2D eigenvalue weighted by Crippen LogP contribution is -2.37. The smallest absolute Gasteiger partial charge is 0.305 e. The Balaban J connectivity index is 2.29. The van der Waals surface area contributed by atoms with Crippen LogP contribution in [-0.2, 0) is 32.6 Å². The van der Waals surface area contributed by atoms with Crippen molar-refractivity contribution in [3.05, 3.63) is 48.8 Å². The Morgan fingerprint density at radius 2 is 1.20 bits per heavy atom. The van der Waals surface area contributed by atoms with E-state index in [1.807, 2.05) is 27.2 Å². The summed E-state index contributed by atoms with van der Waals surface area (Å²) in [7, 11) is 1.32. The van der Waals surface area contributed by atoms with Crippen molar-refractivity contribution in [1.82, 2.24) is 0 Å². The molecule has 0 saturated carbocycles. The summed E-state index contributed by atoms with van der Waals surface area (Å²) in [5, 5.41) is 0. The highest BCUT2D eigenvalue weighted by molar-refractivity contribution is 7.45. The number of allylic oxidation sites excluding steroid dienone is 5. The van der Waals surface area contributed by atoms with E-state index in [4.69, 9.17) is 23.3 Å². The molecule has 4 atom stereocenters. The molecule has 0 aliphatic carbocycles. The van der Waals surface area contributed by atoms with Gasteiger partial charge in [-0.3, -0.25) is 9.36 Å². The van der Waals surface area contributed by atoms with Crippen LogP contribution in [0, 0.1) is 0 Å². The molecule has 0 aromatic heterocycles. The number of phosphoric ester groups is 1. The van der Waals surface area contributed by atoms with Crippen molar-refractivity contribution in [1.29, 1.82) is 0 Å². The highest BCUT2D eigenvalue weighted by atomic mass is 31.2. The maximum Gasteiger partial charge on any atom is 0.305 e. The summed E-state index contributed by atoms with van der Waals surface area (Å²) in [6, 6.07) is 0. The van der Waals surface area contributed by atoms with E-state index in [1.54, 1.807) is 6.26 Å². The van der Waals surface area contributed by atoms with E-state index < -0.39 is 13.9 Å². The summed E-state index contributed by atoms with van der Waals surface area (Å²) >= 11 is 0. The van der Waals surface area contributed by atoms with Crippen LogP contribution < -0.4 is 4.89 Å². The number of likely N-dealkylation sites (N-methyl/N-ethyl adjacent to an activating group) is 1. The van der Waals surface area contributed by atoms with Crippen LogP contribution in [0.1, 0.15) is 162 Å². The van der Waals surface area contributed by atoms with Gasteiger partial charge in [0.25, 0.3) is 7.82 Å². The number of phosphoric acid groups is 1. The molecule has 1 fully saturated rings. The Morgan fingerprint density at radius 3 is 1.85 bits per heavy atom. The number of rotatable bonds is 38. The molecule has 0 spiro atoms. The summed E-state index contributed by atoms with van der Waals surface area (Å²) in [4.78, 5) is 24.8. The van der Waals surface area contributed by atoms with Crippen LogP contribution in [-0.4, -0.2) is 76.3 Å². The zero-order valence-corrected chi connectivity index (χ0v) is 36.0. The fourth-order valence-corrected chi connectivity index (χ4v) is 6.53. The van der Waals surface area contributed by atoms with Gasteiger partial charge in [-0.05, 0) is 63.9 Å². The number of esters is 1. The molecular weight excluding hydrogens is 701 g/mol. The van der Waals surface area contributed by atoms with E-state index >= 15 is 0 Å². The predicted octanol–water partition coefficient (Wildman–Crippen LogP) is 11.1. The van der Waals surface area contributed by atoms with Crippen molar-refractivity contribution in [3.63, 3.8) is 0 Å². The van der Waals surface area contributed by atoms with Gasteiger partial charge < -0.3 is 32.6 Å². The molecule has 1 saturated heterocycles. The summed E-state index contributed by atoms with van der Waals surface area (Å²) in [5.41, 5.74) is 0. The summed E-state index contributed by atoms with van der Waals surface area (Å²) in [5.74, 6) is -0.350. The van der Waals surface area contributed by atoms with Gasteiger partial charge in [0.2, 0.25) is 0 Å². The molecule has 0 aromatic rings. The third kappa shape index (κ3) is 33.6. The van der Waals surface area contributed by atoms with Gasteiger partial charge in [-0.1, -0.05) is 134 Å². The average Bonchev–Trinajstić information content (AvgIpc) is 3.88. The van der Waals surface area contributed by atoms with E-state index in [-0.39, 0.29) is 32.2 Å². The summed E-state index contributed by atoms with van der Waals surface area (Å²) < 4.78 is 40.0. The van der Waals surface area contributed by atoms with Crippen LogP contribution in [0.2, 0.25) is 0 Å². The third-order valence-corrected chi connectivity index (χ3v) is 10.3. The van der Waals surface area contributed by atoms with Crippen molar-refractivity contribution >= 4 is 13.8 Å². The van der Waals surface area contributed by atoms with Gasteiger partial charge in [-0.25, -0.2) is 0 Å². The predicted molar refractivity (Wildman–Crippen MR) is 221 cm³/mol. The largest absolute Gasteiger partial charge is 0.756 e. The van der Waals surface area contributed by atoms with Gasteiger partial charge in [0.15, 0.2) is 6.10 Å². The molecule has 1 aliphatic rings. The molecule has 0 aromatic carbocycles. The van der Waals surface area contributed by atoms with Crippen LogP contribution in [0.15, 0.2) is 48.8 Å². The third-order valence-electron chi connectivity index (χ3n) is 9.37. The Morgan fingerprint density at radius 1 is 0.685 bits per heavy atom. The maximum absolute atomic E-state index is 12.5. The van der Waals surface area contributed by atoms with Gasteiger partial charge in [0.05, 0.1) is 46.2 Å². The van der Waals surface area contributed by atoms with Crippen LogP contribution in [0.4, 0.5) is 0 Å². The van der Waals surface area contributed by atoms with Gasteiger partial charge in [0.1, 0.15) is 19.8 Å². The number of hydrogen-bond donors (Lipinski definition) is 0. The van der Waals surface area contributed by atoms with Gasteiger partial charge in [-0.2, -0.15) is 0 Å². The van der Waals surface area contributed by atoms with Crippen molar-refractivity contribution in [2.75, 3.05) is 47.5 Å². The highest BCUT2D eigenvalue weighted by Gasteiger charge is 2.36. The number of unbranched alkanes of at least 4 members (excludes halogenated alkanes) is 16. The molecular formula is C44H80NO8P. The van der Waals surface area contributed by atoms with E-state index in [0.29, 0.717) is 29.7 Å². The summed E-state index contributed by atoms with van der Waals surface area (Å²) in [6.07, 6.45) is 42.6. The molecule has 0 amide bonds. The molecule has 0 N–H and O–H groups in total. The second-order valence-corrected chi connectivity index (χ2v) is 17.2. The van der Waals surface area contributed by atoms with Crippen molar-refractivity contribution in [2.24, 2.45) is 0 Å². The molecule has 9 nitrogen and oxygen atoms in total. The van der Waals surface area contributed by atoms with Crippen LogP contribution in [0.3, 0.4) is 0 Å². The first-order valence-electron chi connectivity index (χ1n) is 21.5. The second kappa shape index (κ2) is 33.4. The quantitative estimate of drug-likeness (QED) is 0.0116. The van der Waals surface area contributed by atoms with Crippen molar-refractivity contribution in [2.45, 2.75) is 180 Å². The van der Waals surface area contributed by atoms with E-state index in [9.17, 15) is 14.3 Å². The van der Waals surface area contributed by atoms with Gasteiger partial charge >= 0.3 is 5.97 Å². The molecule has 1 rings (SSSR count). The van der Waals surface area contributed by atoms with Gasteiger partial charge in [-0.15, -0.1) is 0 Å². The zero-order valence-electron chi connectivity index (χ0n) is 35.1. The molecule has 1 aliphatic heterocycles. The molecule has 54 heavy (non-hydrogen) atoms. The fraction of sp³-hybridized carbons (Fsp3) is 0.795. The zero-order chi connectivity index (χ0) is 39.6. The number of hydrogen-bond acceptors (Lipinski definition) is 8. The molecule has 10 heteroatoms. The fourth-order valence-electron chi connectivity index (χ4n) is 5.80. The van der Waals surface area contributed by atoms with Crippen LogP contribution in [0.5, 0.6) is 0 Å². The lowest BCUT2D eigenvalue weighted by Gasteiger charge is -2.28. The average molecular weight is 782 g/mol. The molecule has 3 unspecified atom stereocenters. The Labute approximate surface area is 331 Å². The number of epoxide rings is 1. The second-order valence-electron chi connectivity index (χ2n) is 15.8. The number of quaternary nitrogens is 1. The van der Waals surface area contributed by atoms with E-state index in [0.717, 1.165) is 38.5 Å². The van der Waals surface area contributed by atoms with Crippen LogP contribution >= 0.6 is 7.82 Å². The molecule has 314 valence electrons. The topological polar surface area (TPSA) is 107 Å². The molecule has 0 bridgehead atoms. The van der Waals surface area contributed by atoms with Crippen molar-refractivity contribution in [3.8, 4) is 0 Å². The Hall–Kier alpha value is -1.74. The number of carbonyl (C=O) groups excluding carboxylic acids is 1. The highest BCUT2D eigenvalue weighted by Crippen LogP contribution is 2.38. The minimum atomic E-state index is -4.53. The minimum Gasteiger partial charge on any atom is -0.756 e. The first-order valence-corrected chi connectivity index (χ1v) is 23.0. The Kier molecular flexibility index (Phi) is 31.1. The first-order chi connectivity index (χ1) is 26.1. The SMILES string of the molecule is CCCCC/C=C\CC1OC1C/C=C\C/C=C\CCCC(=O)OC[C@H](COP(=O)([O-])OCC[N+](C)(C)C)O/C=C/CCCCCCCCCCCCCC. The molecule has 0 radical (unpaired) electrons. The maximum atomic E-state index is 12.5. The normalized spacial score (nSPS) is 18.0. The molecule has 1 heterocycles. The standard InChI is InChI=1S/C44H80NO8P/c1-6-8-10-12-14-15-16-17-18-19-20-24-28-32-37-49-41(40-52-54(47,48)51-38-36-45(3,4)5)39-50-44(46)35-31-27-23-21-22-26-30-34-43-42(53-43)33-29-25-13-11-9-7-2/h21,23,25-26,29-30,32,37,41-43H,6-20,22,24,27-28,31,33-36,38-40H2,1-5H3/b23-21-,29-25-,30-26-,37-32+/t41-,42?,43?/m1/s1. The van der Waals surface area contributed by atoms with E-state index in [2.05, 4.69) is 50.3 Å². The lowest BCUT2D eigenvalue weighted by molar-refractivity contribution is -0.870. The van der Waals surface area contributed by atoms with Gasteiger partial charge in [0, 0.05) is 6.42 Å². The first kappa shape index (κ1) is 50.3. The van der Waals surface area contributed by atoms with Crippen molar-refractivity contribution < 1.29 is 42.0 Å². The number of ether oxygens (including phenoxy) is 3. The minimum absolute atomic E-state index is 0.0156. The number of carbonyl (C=O) groups is 1. The monoisotopic (exact) mass is 782 g/mol. The van der Waals surface area contributed by atoms with E-state index in [1.165, 1.54) is 96.3 Å². The summed E-state index contributed by atoms with van der Waals surface area (Å²) in [6.45, 7) is 4.60. The lowest BCUT2D eigenvalue weighted by atomic mass is 10.0. The number of nitrogens with zero attached hydrogens (tertiary/aromatic N) is 1. The Bertz CT molecular complexity index is 1070. The van der Waals surface area contributed by atoms with Crippen LogP contribution in [0.25, 0.3) is 0 Å².